The van der Waals surface area contributed by atoms with E-state index in [1.165, 1.54) is 7.11 Å². The van der Waals surface area contributed by atoms with Gasteiger partial charge in [0.15, 0.2) is 11.6 Å². The van der Waals surface area contributed by atoms with Crippen molar-refractivity contribution in [1.82, 2.24) is 29.4 Å². The highest BCUT2D eigenvalue weighted by atomic mass is 16.5. The molecule has 1 aliphatic rings. The van der Waals surface area contributed by atoms with Crippen molar-refractivity contribution in [2.24, 2.45) is 7.05 Å². The van der Waals surface area contributed by atoms with Gasteiger partial charge in [0.05, 0.1) is 7.11 Å². The summed E-state index contributed by atoms with van der Waals surface area (Å²) in [6, 6.07) is 7.80. The standard InChI is InChI=1S/C18H21N7O2/c1-22-13-14(17(21-22)27-2)18(26)25-11-9-24(10-12-25)16-6-5-15(19-20-16)23-7-3-4-8-23/h3-8,13H,9-12H2,1-2H3. The van der Waals surface area contributed by atoms with Crippen molar-refractivity contribution in [2.75, 3.05) is 38.2 Å². The summed E-state index contributed by atoms with van der Waals surface area (Å²) in [5.74, 6) is 1.89. The third-order valence-corrected chi connectivity index (χ3v) is 4.61. The monoisotopic (exact) mass is 367 g/mol. The molecule has 0 atom stereocenters. The van der Waals surface area contributed by atoms with Crippen molar-refractivity contribution >= 4 is 11.7 Å². The Labute approximate surface area is 156 Å². The highest BCUT2D eigenvalue weighted by molar-refractivity contribution is 5.96. The number of aromatic nitrogens is 5. The molecule has 3 aromatic rings. The van der Waals surface area contributed by atoms with E-state index in [9.17, 15) is 4.79 Å². The molecule has 9 heteroatoms. The topological polar surface area (TPSA) is 81.3 Å². The van der Waals surface area contributed by atoms with Gasteiger partial charge in [0.25, 0.3) is 5.91 Å². The van der Waals surface area contributed by atoms with E-state index in [1.807, 2.05) is 46.1 Å². The molecule has 0 unspecified atom stereocenters. The molecule has 1 aliphatic heterocycles. The first-order chi connectivity index (χ1) is 13.2. The molecule has 0 bridgehead atoms. The van der Waals surface area contributed by atoms with Gasteiger partial charge in [0.1, 0.15) is 5.56 Å². The molecule has 0 radical (unpaired) electrons. The van der Waals surface area contributed by atoms with Crippen LogP contribution in [0.3, 0.4) is 0 Å². The fourth-order valence-corrected chi connectivity index (χ4v) is 3.19. The molecule has 27 heavy (non-hydrogen) atoms. The van der Waals surface area contributed by atoms with E-state index in [-0.39, 0.29) is 5.91 Å². The first kappa shape index (κ1) is 17.1. The largest absolute Gasteiger partial charge is 0.479 e. The number of nitrogens with zero attached hydrogens (tertiary/aromatic N) is 7. The fourth-order valence-electron chi connectivity index (χ4n) is 3.19. The summed E-state index contributed by atoms with van der Waals surface area (Å²) in [4.78, 5) is 16.7. The molecule has 9 nitrogen and oxygen atoms in total. The first-order valence-electron chi connectivity index (χ1n) is 8.74. The Hall–Kier alpha value is -3.36. The van der Waals surface area contributed by atoms with Gasteiger partial charge in [-0.25, -0.2) is 0 Å². The van der Waals surface area contributed by atoms with Crippen LogP contribution in [0.4, 0.5) is 5.82 Å². The number of anilines is 1. The van der Waals surface area contributed by atoms with E-state index in [0.717, 1.165) is 11.6 Å². The Morgan fingerprint density at radius 1 is 1.04 bits per heavy atom. The van der Waals surface area contributed by atoms with Crippen molar-refractivity contribution in [3.05, 3.63) is 48.4 Å². The molecule has 140 valence electrons. The third-order valence-electron chi connectivity index (χ3n) is 4.61. The zero-order chi connectivity index (χ0) is 18.8. The molecule has 0 aromatic carbocycles. The number of methoxy groups -OCH3 is 1. The van der Waals surface area contributed by atoms with Gasteiger partial charge in [-0.3, -0.25) is 9.48 Å². The number of aryl methyl sites for hydroxylation is 1. The Kier molecular flexibility index (Phi) is 4.49. The predicted octanol–water partition coefficient (Wildman–Crippen LogP) is 0.972. The number of carbonyl (C=O) groups is 1. The summed E-state index contributed by atoms with van der Waals surface area (Å²) in [7, 11) is 3.29. The van der Waals surface area contributed by atoms with E-state index in [4.69, 9.17) is 4.74 Å². The number of piperazine rings is 1. The number of carbonyl (C=O) groups excluding carboxylic acids is 1. The number of hydrogen-bond acceptors (Lipinski definition) is 6. The van der Waals surface area contributed by atoms with Crippen molar-refractivity contribution in [1.29, 1.82) is 0 Å². The first-order valence-corrected chi connectivity index (χ1v) is 8.74. The van der Waals surface area contributed by atoms with Gasteiger partial charge in [-0.1, -0.05) is 0 Å². The molecular formula is C18H21N7O2. The Morgan fingerprint density at radius 2 is 1.70 bits per heavy atom. The van der Waals surface area contributed by atoms with E-state index in [1.54, 1.807) is 17.9 Å². The van der Waals surface area contributed by atoms with Crippen LogP contribution in [-0.4, -0.2) is 68.6 Å². The van der Waals surface area contributed by atoms with Crippen LogP contribution in [0.2, 0.25) is 0 Å². The van der Waals surface area contributed by atoms with Crippen LogP contribution >= 0.6 is 0 Å². The minimum atomic E-state index is -0.0614. The molecule has 1 amide bonds. The van der Waals surface area contributed by atoms with Gasteiger partial charge < -0.3 is 19.1 Å². The van der Waals surface area contributed by atoms with Crippen LogP contribution in [0.25, 0.3) is 5.82 Å². The molecule has 0 spiro atoms. The molecule has 0 saturated carbocycles. The molecule has 0 N–H and O–H groups in total. The lowest BCUT2D eigenvalue weighted by atomic mass is 10.2. The van der Waals surface area contributed by atoms with Crippen molar-refractivity contribution in [2.45, 2.75) is 0 Å². The summed E-state index contributed by atoms with van der Waals surface area (Å²) in [6.07, 6.45) is 5.56. The van der Waals surface area contributed by atoms with Crippen molar-refractivity contribution in [3.8, 4) is 11.7 Å². The molecule has 4 heterocycles. The number of amides is 1. The van der Waals surface area contributed by atoms with Crippen LogP contribution in [0.15, 0.2) is 42.9 Å². The van der Waals surface area contributed by atoms with Gasteiger partial charge in [-0.2, -0.15) is 0 Å². The Bertz CT molecular complexity index is 910. The second-order valence-electron chi connectivity index (χ2n) is 6.35. The fraction of sp³-hybridized carbons (Fsp3) is 0.333. The van der Waals surface area contributed by atoms with E-state index < -0.39 is 0 Å². The number of hydrogen-bond donors (Lipinski definition) is 0. The molecule has 3 aromatic heterocycles. The van der Waals surface area contributed by atoms with Crippen molar-refractivity contribution < 1.29 is 9.53 Å². The lowest BCUT2D eigenvalue weighted by molar-refractivity contribution is 0.0743. The zero-order valence-electron chi connectivity index (χ0n) is 15.3. The molecule has 0 aliphatic carbocycles. The quantitative estimate of drug-likeness (QED) is 0.684. The minimum Gasteiger partial charge on any atom is -0.479 e. The van der Waals surface area contributed by atoms with Crippen LogP contribution in [0, 0.1) is 0 Å². The SMILES string of the molecule is COc1nn(C)cc1C(=O)N1CCN(c2ccc(-n3cccc3)nn2)CC1. The zero-order valence-corrected chi connectivity index (χ0v) is 15.3. The second-order valence-corrected chi connectivity index (χ2v) is 6.35. The average Bonchev–Trinajstić information content (AvgIpc) is 3.37. The minimum absolute atomic E-state index is 0.0614. The van der Waals surface area contributed by atoms with Gasteiger partial charge in [-0.15, -0.1) is 15.3 Å². The molecule has 1 saturated heterocycles. The van der Waals surface area contributed by atoms with Gasteiger partial charge >= 0.3 is 0 Å². The van der Waals surface area contributed by atoms with Gasteiger partial charge in [0, 0.05) is 51.8 Å². The predicted molar refractivity (Wildman–Crippen MR) is 99.2 cm³/mol. The van der Waals surface area contributed by atoms with Crippen LogP contribution in [-0.2, 0) is 7.05 Å². The van der Waals surface area contributed by atoms with Crippen molar-refractivity contribution in [3.63, 3.8) is 0 Å². The lowest BCUT2D eigenvalue weighted by Crippen LogP contribution is -2.49. The van der Waals surface area contributed by atoms with Crippen LogP contribution in [0.5, 0.6) is 5.88 Å². The smallest absolute Gasteiger partial charge is 0.261 e. The number of rotatable bonds is 4. The summed E-state index contributed by atoms with van der Waals surface area (Å²) >= 11 is 0. The highest BCUT2D eigenvalue weighted by Gasteiger charge is 2.26. The summed E-state index contributed by atoms with van der Waals surface area (Å²) < 4.78 is 8.70. The highest BCUT2D eigenvalue weighted by Crippen LogP contribution is 2.20. The number of ether oxygens (including phenoxy) is 1. The van der Waals surface area contributed by atoms with Crippen LogP contribution < -0.4 is 9.64 Å². The molecule has 4 rings (SSSR count). The molecular weight excluding hydrogens is 346 g/mol. The molecule has 1 fully saturated rings. The Morgan fingerprint density at radius 3 is 2.33 bits per heavy atom. The van der Waals surface area contributed by atoms with E-state index in [2.05, 4.69) is 20.2 Å². The van der Waals surface area contributed by atoms with E-state index >= 15 is 0 Å². The normalized spacial score (nSPS) is 14.4. The van der Waals surface area contributed by atoms with Gasteiger partial charge in [-0.05, 0) is 24.3 Å². The lowest BCUT2D eigenvalue weighted by Gasteiger charge is -2.35. The van der Waals surface area contributed by atoms with Gasteiger partial charge in [0.2, 0.25) is 5.88 Å². The second kappa shape index (κ2) is 7.10. The average molecular weight is 367 g/mol. The van der Waals surface area contributed by atoms with E-state index in [0.29, 0.717) is 37.6 Å². The summed E-state index contributed by atoms with van der Waals surface area (Å²) in [6.45, 7) is 2.62. The summed E-state index contributed by atoms with van der Waals surface area (Å²) in [5.41, 5.74) is 0.490. The maximum absolute atomic E-state index is 12.8. The maximum Gasteiger partial charge on any atom is 0.261 e. The Balaban J connectivity index is 1.40. The third kappa shape index (κ3) is 3.35. The summed E-state index contributed by atoms with van der Waals surface area (Å²) in [5, 5.41) is 12.8. The maximum atomic E-state index is 12.8. The van der Waals surface area contributed by atoms with Crippen LogP contribution in [0.1, 0.15) is 10.4 Å².